The average molecular weight is 409 g/mol. The van der Waals surface area contributed by atoms with Gasteiger partial charge in [-0.1, -0.05) is 6.07 Å². The number of nitrogens with one attached hydrogen (secondary N) is 1. The van der Waals surface area contributed by atoms with E-state index in [-0.39, 0.29) is 30.1 Å². The number of benzene rings is 1. The molecule has 2 aromatic rings. The van der Waals surface area contributed by atoms with Gasteiger partial charge in [-0.3, -0.25) is 4.79 Å². The molecule has 1 aromatic carbocycles. The van der Waals surface area contributed by atoms with E-state index in [1.807, 2.05) is 17.9 Å². The topological polar surface area (TPSA) is 63.7 Å². The first-order valence-electron chi connectivity index (χ1n) is 9.29. The molecule has 1 unspecified atom stereocenters. The van der Waals surface area contributed by atoms with Crippen molar-refractivity contribution in [2.75, 3.05) is 31.2 Å². The van der Waals surface area contributed by atoms with Crippen LogP contribution in [0.3, 0.4) is 0 Å². The molecule has 156 valence electrons. The standard InChI is InChI=1S/C20H22F3N3O3/c1-2-28-13-18(27)25-14-8-10-26(12-14)15-5-3-6-16(11-15)29-17-7-4-9-24-19(17)20(21,22)23/h3-7,9,11,14H,2,8,10,12-13H2,1H3,(H,25,27). The first-order chi connectivity index (χ1) is 13.9. The highest BCUT2D eigenvalue weighted by atomic mass is 19.4. The molecule has 0 radical (unpaired) electrons. The highest BCUT2D eigenvalue weighted by Crippen LogP contribution is 2.37. The Morgan fingerprint density at radius 1 is 1.31 bits per heavy atom. The summed E-state index contributed by atoms with van der Waals surface area (Å²) in [7, 11) is 0. The smallest absolute Gasteiger partial charge is 0.437 e. The van der Waals surface area contributed by atoms with Crippen LogP contribution in [-0.2, 0) is 15.7 Å². The van der Waals surface area contributed by atoms with Crippen LogP contribution in [0.4, 0.5) is 18.9 Å². The third kappa shape index (κ3) is 5.60. The Balaban J connectivity index is 1.66. The van der Waals surface area contributed by atoms with Crippen LogP contribution in [0.15, 0.2) is 42.6 Å². The van der Waals surface area contributed by atoms with Crippen molar-refractivity contribution in [3.63, 3.8) is 0 Å². The molecule has 29 heavy (non-hydrogen) atoms. The van der Waals surface area contributed by atoms with Gasteiger partial charge in [0.2, 0.25) is 5.91 Å². The van der Waals surface area contributed by atoms with Crippen molar-refractivity contribution in [1.29, 1.82) is 0 Å². The summed E-state index contributed by atoms with van der Waals surface area (Å²) < 4.78 is 49.9. The number of rotatable bonds is 7. The Kier molecular flexibility index (Phi) is 6.58. The van der Waals surface area contributed by atoms with E-state index in [1.165, 1.54) is 12.1 Å². The number of nitrogens with zero attached hydrogens (tertiary/aromatic N) is 2. The zero-order valence-electron chi connectivity index (χ0n) is 15.9. The van der Waals surface area contributed by atoms with Crippen molar-refractivity contribution >= 4 is 11.6 Å². The molecule has 1 aromatic heterocycles. The number of hydrogen-bond acceptors (Lipinski definition) is 5. The first-order valence-corrected chi connectivity index (χ1v) is 9.29. The zero-order chi connectivity index (χ0) is 20.9. The van der Waals surface area contributed by atoms with Crippen molar-refractivity contribution in [1.82, 2.24) is 10.3 Å². The zero-order valence-corrected chi connectivity index (χ0v) is 15.9. The molecule has 3 rings (SSSR count). The second-order valence-corrected chi connectivity index (χ2v) is 6.58. The molecule has 9 heteroatoms. The van der Waals surface area contributed by atoms with Gasteiger partial charge in [0.05, 0.1) is 0 Å². The Morgan fingerprint density at radius 3 is 2.90 bits per heavy atom. The van der Waals surface area contributed by atoms with Gasteiger partial charge in [-0.2, -0.15) is 13.2 Å². The molecule has 0 bridgehead atoms. The van der Waals surface area contributed by atoms with Gasteiger partial charge in [-0.05, 0) is 37.6 Å². The lowest BCUT2D eigenvalue weighted by Crippen LogP contribution is -2.39. The van der Waals surface area contributed by atoms with Crippen molar-refractivity contribution in [2.45, 2.75) is 25.6 Å². The summed E-state index contributed by atoms with van der Waals surface area (Å²) in [6.07, 6.45) is -2.75. The van der Waals surface area contributed by atoms with Gasteiger partial charge < -0.3 is 19.7 Å². The fraction of sp³-hybridized carbons (Fsp3) is 0.400. The number of pyridine rings is 1. The van der Waals surface area contributed by atoms with E-state index < -0.39 is 11.9 Å². The maximum Gasteiger partial charge on any atom is 0.437 e. The number of halogens is 3. The Bertz CT molecular complexity index is 845. The highest BCUT2D eigenvalue weighted by Gasteiger charge is 2.36. The van der Waals surface area contributed by atoms with Gasteiger partial charge in [0, 0.05) is 43.7 Å². The molecule has 1 aliphatic rings. The maximum absolute atomic E-state index is 13.1. The number of carbonyl (C=O) groups excluding carboxylic acids is 1. The summed E-state index contributed by atoms with van der Waals surface area (Å²) in [5, 5.41) is 2.92. The average Bonchev–Trinajstić information content (AvgIpc) is 3.14. The fourth-order valence-electron chi connectivity index (χ4n) is 3.13. The van der Waals surface area contributed by atoms with Crippen LogP contribution in [0.1, 0.15) is 19.0 Å². The number of anilines is 1. The van der Waals surface area contributed by atoms with Crippen LogP contribution in [0.25, 0.3) is 0 Å². The van der Waals surface area contributed by atoms with Gasteiger partial charge in [0.1, 0.15) is 12.4 Å². The summed E-state index contributed by atoms with van der Waals surface area (Å²) in [6, 6.07) is 9.46. The summed E-state index contributed by atoms with van der Waals surface area (Å²) in [6.45, 7) is 3.64. The Hall–Kier alpha value is -2.81. The largest absolute Gasteiger partial charge is 0.455 e. The molecule has 0 spiro atoms. The van der Waals surface area contributed by atoms with Crippen LogP contribution in [-0.4, -0.2) is 43.2 Å². The minimum absolute atomic E-state index is 0.0114. The molecule has 0 aliphatic carbocycles. The van der Waals surface area contributed by atoms with Crippen LogP contribution in [0.5, 0.6) is 11.5 Å². The minimum Gasteiger partial charge on any atom is -0.455 e. The van der Waals surface area contributed by atoms with E-state index >= 15 is 0 Å². The molecule has 1 atom stereocenters. The quantitative estimate of drug-likeness (QED) is 0.757. The van der Waals surface area contributed by atoms with E-state index in [4.69, 9.17) is 9.47 Å². The third-order valence-corrected chi connectivity index (χ3v) is 4.44. The predicted octanol–water partition coefficient (Wildman–Crippen LogP) is 3.62. The van der Waals surface area contributed by atoms with Crippen molar-refractivity contribution < 1.29 is 27.4 Å². The SMILES string of the molecule is CCOCC(=O)NC1CCN(c2cccc(Oc3cccnc3C(F)(F)F)c2)C1. The molecule has 1 fully saturated rings. The lowest BCUT2D eigenvalue weighted by molar-refractivity contribution is -0.142. The molecule has 1 amide bonds. The predicted molar refractivity (Wildman–Crippen MR) is 101 cm³/mol. The van der Waals surface area contributed by atoms with Gasteiger partial charge in [0.15, 0.2) is 11.4 Å². The number of amides is 1. The molecular formula is C20H22F3N3O3. The molecule has 6 nitrogen and oxygen atoms in total. The van der Waals surface area contributed by atoms with E-state index in [0.717, 1.165) is 18.3 Å². The number of carbonyl (C=O) groups is 1. The lowest BCUT2D eigenvalue weighted by Gasteiger charge is -2.20. The summed E-state index contributed by atoms with van der Waals surface area (Å²) in [5.74, 6) is -0.225. The van der Waals surface area contributed by atoms with Crippen molar-refractivity contribution in [3.05, 3.63) is 48.3 Å². The second-order valence-electron chi connectivity index (χ2n) is 6.58. The number of ether oxygens (including phenoxy) is 2. The van der Waals surface area contributed by atoms with Gasteiger partial charge in [-0.15, -0.1) is 0 Å². The lowest BCUT2D eigenvalue weighted by atomic mass is 10.2. The first kappa shape index (κ1) is 20.9. The van der Waals surface area contributed by atoms with Crippen LogP contribution in [0.2, 0.25) is 0 Å². The van der Waals surface area contributed by atoms with E-state index in [0.29, 0.717) is 19.7 Å². The van der Waals surface area contributed by atoms with Crippen LogP contribution < -0.4 is 15.0 Å². The van der Waals surface area contributed by atoms with E-state index in [2.05, 4.69) is 10.3 Å². The Labute approximate surface area is 166 Å². The number of hydrogen-bond donors (Lipinski definition) is 1. The third-order valence-electron chi connectivity index (χ3n) is 4.44. The van der Waals surface area contributed by atoms with Gasteiger partial charge >= 0.3 is 6.18 Å². The second kappa shape index (κ2) is 9.13. The van der Waals surface area contributed by atoms with Crippen LogP contribution in [0, 0.1) is 0 Å². The number of alkyl halides is 3. The molecular weight excluding hydrogens is 387 g/mol. The highest BCUT2D eigenvalue weighted by molar-refractivity contribution is 5.77. The monoisotopic (exact) mass is 409 g/mol. The van der Waals surface area contributed by atoms with Crippen molar-refractivity contribution in [2.24, 2.45) is 0 Å². The normalized spacial score (nSPS) is 16.7. The number of aromatic nitrogens is 1. The molecule has 2 heterocycles. The van der Waals surface area contributed by atoms with Crippen molar-refractivity contribution in [3.8, 4) is 11.5 Å². The van der Waals surface area contributed by atoms with E-state index in [9.17, 15) is 18.0 Å². The molecule has 1 saturated heterocycles. The van der Waals surface area contributed by atoms with Gasteiger partial charge in [0.25, 0.3) is 0 Å². The summed E-state index contributed by atoms with van der Waals surface area (Å²) >= 11 is 0. The van der Waals surface area contributed by atoms with Crippen LogP contribution >= 0.6 is 0 Å². The Morgan fingerprint density at radius 2 is 2.14 bits per heavy atom. The molecule has 0 saturated carbocycles. The molecule has 1 N–H and O–H groups in total. The fourth-order valence-corrected chi connectivity index (χ4v) is 3.13. The maximum atomic E-state index is 13.1. The van der Waals surface area contributed by atoms with Gasteiger partial charge in [-0.25, -0.2) is 4.98 Å². The van der Waals surface area contributed by atoms with E-state index in [1.54, 1.807) is 18.2 Å². The minimum atomic E-state index is -4.60. The summed E-state index contributed by atoms with van der Waals surface area (Å²) in [4.78, 5) is 17.2. The molecule has 1 aliphatic heterocycles. The summed E-state index contributed by atoms with van der Waals surface area (Å²) in [5.41, 5.74) is -0.259.